The van der Waals surface area contributed by atoms with Crippen molar-refractivity contribution in [1.29, 1.82) is 0 Å². The Morgan fingerprint density at radius 1 is 1.48 bits per heavy atom. The van der Waals surface area contributed by atoms with Crippen LogP contribution >= 0.6 is 11.3 Å². The van der Waals surface area contributed by atoms with Crippen molar-refractivity contribution in [2.24, 2.45) is 5.92 Å². The standard InChI is InChI=1S/C15H17N3O2S/c1-9-16-13-5-4-12(7-14(13)21-9)18-15(20)17-11-3-2-10(6-11)8-19/h2-5,7,10-11,19H,6,8H2,1H3,(H2,17,18,20)/t10-,11+/m0/s1. The van der Waals surface area contributed by atoms with E-state index in [-0.39, 0.29) is 24.6 Å². The average molecular weight is 303 g/mol. The highest BCUT2D eigenvalue weighted by Gasteiger charge is 2.19. The molecular weight excluding hydrogens is 286 g/mol. The fourth-order valence-electron chi connectivity index (χ4n) is 2.47. The monoisotopic (exact) mass is 303 g/mol. The molecule has 0 spiro atoms. The topological polar surface area (TPSA) is 74.2 Å². The third-order valence-corrected chi connectivity index (χ3v) is 4.41. The van der Waals surface area contributed by atoms with E-state index in [9.17, 15) is 4.79 Å². The maximum absolute atomic E-state index is 12.0. The molecule has 0 aliphatic heterocycles. The fraction of sp³-hybridized carbons (Fsp3) is 0.333. The van der Waals surface area contributed by atoms with Crippen molar-refractivity contribution in [2.75, 3.05) is 11.9 Å². The van der Waals surface area contributed by atoms with Crippen LogP contribution in [0.25, 0.3) is 10.2 Å². The largest absolute Gasteiger partial charge is 0.396 e. The lowest BCUT2D eigenvalue weighted by Gasteiger charge is -2.13. The molecule has 0 saturated heterocycles. The molecule has 0 saturated carbocycles. The molecule has 0 unspecified atom stereocenters. The third kappa shape index (κ3) is 3.22. The lowest BCUT2D eigenvalue weighted by atomic mass is 10.1. The number of benzene rings is 1. The quantitative estimate of drug-likeness (QED) is 0.763. The minimum atomic E-state index is -0.233. The predicted molar refractivity (Wildman–Crippen MR) is 84.6 cm³/mol. The zero-order valence-electron chi connectivity index (χ0n) is 11.7. The molecular formula is C15H17N3O2S. The molecule has 0 fully saturated rings. The maximum Gasteiger partial charge on any atom is 0.319 e. The Balaban J connectivity index is 1.62. The number of rotatable bonds is 3. The summed E-state index contributed by atoms with van der Waals surface area (Å²) in [5.41, 5.74) is 1.71. The van der Waals surface area contributed by atoms with Crippen LogP contribution in [0.5, 0.6) is 0 Å². The number of amides is 2. The van der Waals surface area contributed by atoms with E-state index in [0.717, 1.165) is 27.3 Å². The Kier molecular flexibility index (Phi) is 3.90. The van der Waals surface area contributed by atoms with Gasteiger partial charge in [-0.2, -0.15) is 0 Å². The number of aliphatic hydroxyl groups excluding tert-OH is 1. The Hall–Kier alpha value is -1.92. The summed E-state index contributed by atoms with van der Waals surface area (Å²) in [6.07, 6.45) is 4.62. The molecule has 110 valence electrons. The van der Waals surface area contributed by atoms with Crippen molar-refractivity contribution < 1.29 is 9.90 Å². The number of carbonyl (C=O) groups is 1. The van der Waals surface area contributed by atoms with E-state index in [2.05, 4.69) is 15.6 Å². The van der Waals surface area contributed by atoms with E-state index >= 15 is 0 Å². The van der Waals surface area contributed by atoms with Gasteiger partial charge in [-0.1, -0.05) is 12.2 Å². The van der Waals surface area contributed by atoms with Crippen molar-refractivity contribution >= 4 is 33.3 Å². The van der Waals surface area contributed by atoms with E-state index in [1.54, 1.807) is 11.3 Å². The SMILES string of the molecule is Cc1nc2ccc(NC(=O)N[C@@H]3C=C[C@H](CO)C3)cc2s1. The van der Waals surface area contributed by atoms with Gasteiger partial charge in [0.25, 0.3) is 0 Å². The summed E-state index contributed by atoms with van der Waals surface area (Å²) >= 11 is 1.61. The van der Waals surface area contributed by atoms with Crippen LogP contribution in [0.3, 0.4) is 0 Å². The molecule has 21 heavy (non-hydrogen) atoms. The minimum absolute atomic E-state index is 0.0171. The van der Waals surface area contributed by atoms with Gasteiger partial charge in [-0.15, -0.1) is 11.3 Å². The normalized spacial score (nSPS) is 20.9. The molecule has 0 radical (unpaired) electrons. The Morgan fingerprint density at radius 2 is 2.33 bits per heavy atom. The highest BCUT2D eigenvalue weighted by Crippen LogP contribution is 2.24. The van der Waals surface area contributed by atoms with E-state index in [4.69, 9.17) is 5.11 Å². The van der Waals surface area contributed by atoms with Crippen molar-refractivity contribution in [3.63, 3.8) is 0 Å². The first-order chi connectivity index (χ1) is 10.1. The number of urea groups is 1. The lowest BCUT2D eigenvalue weighted by molar-refractivity contribution is 0.238. The van der Waals surface area contributed by atoms with Crippen LogP contribution in [0, 0.1) is 12.8 Å². The highest BCUT2D eigenvalue weighted by molar-refractivity contribution is 7.18. The van der Waals surface area contributed by atoms with E-state index in [0.29, 0.717) is 0 Å². The molecule has 2 atom stereocenters. The first kappa shape index (κ1) is 14.0. The van der Waals surface area contributed by atoms with Crippen molar-refractivity contribution in [3.8, 4) is 0 Å². The minimum Gasteiger partial charge on any atom is -0.396 e. The first-order valence-electron chi connectivity index (χ1n) is 6.88. The van der Waals surface area contributed by atoms with Gasteiger partial charge in [-0.05, 0) is 31.5 Å². The molecule has 1 aliphatic carbocycles. The number of aliphatic hydroxyl groups is 1. The summed E-state index contributed by atoms with van der Waals surface area (Å²) < 4.78 is 1.06. The van der Waals surface area contributed by atoms with Gasteiger partial charge in [0.15, 0.2) is 0 Å². The molecule has 5 nitrogen and oxygen atoms in total. The van der Waals surface area contributed by atoms with Gasteiger partial charge in [-0.25, -0.2) is 9.78 Å². The van der Waals surface area contributed by atoms with Crippen LogP contribution < -0.4 is 10.6 Å². The molecule has 6 heteroatoms. The van der Waals surface area contributed by atoms with Crippen molar-refractivity contribution in [2.45, 2.75) is 19.4 Å². The van der Waals surface area contributed by atoms with Gasteiger partial charge in [0.05, 0.1) is 15.2 Å². The van der Waals surface area contributed by atoms with Crippen molar-refractivity contribution in [1.82, 2.24) is 10.3 Å². The zero-order chi connectivity index (χ0) is 14.8. The fourth-order valence-corrected chi connectivity index (χ4v) is 3.34. The predicted octanol–water partition coefficient (Wildman–Crippen LogP) is 2.66. The Bertz CT molecular complexity index is 695. The Labute approximate surface area is 126 Å². The van der Waals surface area contributed by atoms with Crippen LogP contribution in [0.2, 0.25) is 0 Å². The van der Waals surface area contributed by atoms with Crippen LogP contribution in [0.4, 0.5) is 10.5 Å². The summed E-state index contributed by atoms with van der Waals surface area (Å²) in [4.78, 5) is 16.4. The summed E-state index contributed by atoms with van der Waals surface area (Å²) in [7, 11) is 0. The summed E-state index contributed by atoms with van der Waals surface area (Å²) in [5, 5.41) is 15.8. The number of thiazole rings is 1. The molecule has 3 N–H and O–H groups in total. The third-order valence-electron chi connectivity index (χ3n) is 3.48. The van der Waals surface area contributed by atoms with E-state index < -0.39 is 0 Å². The zero-order valence-corrected chi connectivity index (χ0v) is 12.5. The maximum atomic E-state index is 12.0. The number of nitrogens with zero attached hydrogens (tertiary/aromatic N) is 1. The second-order valence-electron chi connectivity index (χ2n) is 5.18. The van der Waals surface area contributed by atoms with E-state index in [1.165, 1.54) is 0 Å². The number of nitrogens with one attached hydrogen (secondary N) is 2. The average Bonchev–Trinajstić information content (AvgIpc) is 3.03. The number of anilines is 1. The van der Waals surface area contributed by atoms with Gasteiger partial charge in [0.2, 0.25) is 0 Å². The first-order valence-corrected chi connectivity index (χ1v) is 7.69. The van der Waals surface area contributed by atoms with Gasteiger partial charge < -0.3 is 15.7 Å². The molecule has 1 aromatic carbocycles. The molecule has 2 amide bonds. The number of fused-ring (bicyclic) bond motifs is 1. The molecule has 1 aliphatic rings. The number of aryl methyl sites for hydroxylation is 1. The number of carbonyl (C=O) groups excluding carboxylic acids is 1. The van der Waals surface area contributed by atoms with Crippen LogP contribution in [-0.4, -0.2) is 28.8 Å². The summed E-state index contributed by atoms with van der Waals surface area (Å²) in [5.74, 6) is 0.145. The summed E-state index contributed by atoms with van der Waals surface area (Å²) in [6, 6.07) is 5.44. The number of hydrogen-bond acceptors (Lipinski definition) is 4. The van der Waals surface area contributed by atoms with Crippen molar-refractivity contribution in [3.05, 3.63) is 35.4 Å². The molecule has 3 rings (SSSR count). The molecule has 1 aromatic heterocycles. The van der Waals surface area contributed by atoms with Gasteiger partial charge in [0, 0.05) is 24.3 Å². The molecule has 2 aromatic rings. The van der Waals surface area contributed by atoms with Crippen LogP contribution in [-0.2, 0) is 0 Å². The molecule has 0 bridgehead atoms. The number of hydrogen-bond donors (Lipinski definition) is 3. The van der Waals surface area contributed by atoms with Gasteiger partial charge in [-0.3, -0.25) is 0 Å². The second-order valence-corrected chi connectivity index (χ2v) is 6.42. The lowest BCUT2D eigenvalue weighted by Crippen LogP contribution is -2.36. The highest BCUT2D eigenvalue weighted by atomic mass is 32.1. The number of aromatic nitrogens is 1. The van der Waals surface area contributed by atoms with Crippen LogP contribution in [0.1, 0.15) is 11.4 Å². The van der Waals surface area contributed by atoms with Gasteiger partial charge >= 0.3 is 6.03 Å². The summed E-state index contributed by atoms with van der Waals surface area (Å²) in [6.45, 7) is 2.09. The van der Waals surface area contributed by atoms with E-state index in [1.807, 2.05) is 37.3 Å². The van der Waals surface area contributed by atoms with Crippen LogP contribution in [0.15, 0.2) is 30.4 Å². The second kappa shape index (κ2) is 5.83. The Morgan fingerprint density at radius 3 is 3.10 bits per heavy atom. The molecule has 1 heterocycles. The smallest absolute Gasteiger partial charge is 0.319 e. The van der Waals surface area contributed by atoms with Gasteiger partial charge in [0.1, 0.15) is 0 Å².